The second-order valence-electron chi connectivity index (χ2n) is 4.08. The van der Waals surface area contributed by atoms with Crippen LogP contribution in [0.1, 0.15) is 21.5 Å². The van der Waals surface area contributed by atoms with Crippen LogP contribution in [0, 0.1) is 11.3 Å². The Hall–Kier alpha value is -2.85. The first-order chi connectivity index (χ1) is 10.1. The van der Waals surface area contributed by atoms with Gasteiger partial charge in [-0.2, -0.15) is 5.26 Å². The van der Waals surface area contributed by atoms with Gasteiger partial charge in [-0.3, -0.25) is 5.32 Å². The number of carbonyl (C=O) groups excluding carboxylic acids is 1. The Labute approximate surface area is 124 Å². The monoisotopic (exact) mass is 301 g/mol. The lowest BCUT2D eigenvalue weighted by atomic mass is 10.1. The van der Waals surface area contributed by atoms with Gasteiger partial charge in [-0.1, -0.05) is 12.1 Å². The Morgan fingerprint density at radius 2 is 1.95 bits per heavy atom. The van der Waals surface area contributed by atoms with Gasteiger partial charge in [0, 0.05) is 6.54 Å². The number of nitriles is 1. The summed E-state index contributed by atoms with van der Waals surface area (Å²) in [6.07, 6.45) is 0. The fraction of sp³-hybridized carbons (Fsp3) is 0.0714. The SMILES string of the molecule is N#Cc1ccc(CNC(=O)Nc2sccc2C(=O)O)cc1. The van der Waals surface area contributed by atoms with Gasteiger partial charge in [-0.15, -0.1) is 11.3 Å². The number of rotatable bonds is 4. The number of aromatic carboxylic acids is 1. The Balaban J connectivity index is 1.91. The number of carbonyl (C=O) groups is 2. The molecule has 0 saturated carbocycles. The average Bonchev–Trinajstić information content (AvgIpc) is 2.94. The summed E-state index contributed by atoms with van der Waals surface area (Å²) in [4.78, 5) is 22.6. The average molecular weight is 301 g/mol. The number of benzene rings is 1. The minimum absolute atomic E-state index is 0.0634. The minimum atomic E-state index is -1.08. The topological polar surface area (TPSA) is 102 Å². The van der Waals surface area contributed by atoms with Crippen LogP contribution in [-0.2, 0) is 6.54 Å². The maximum atomic E-state index is 11.7. The van der Waals surface area contributed by atoms with E-state index in [-0.39, 0.29) is 12.1 Å². The van der Waals surface area contributed by atoms with Crippen molar-refractivity contribution in [2.24, 2.45) is 0 Å². The van der Waals surface area contributed by atoms with Crippen molar-refractivity contribution in [2.45, 2.75) is 6.54 Å². The Morgan fingerprint density at radius 3 is 2.57 bits per heavy atom. The number of carboxylic acids is 1. The number of hydrogen-bond donors (Lipinski definition) is 3. The van der Waals surface area contributed by atoms with E-state index in [1.807, 2.05) is 6.07 Å². The summed E-state index contributed by atoms with van der Waals surface area (Å²) in [6, 6.07) is 9.78. The number of nitrogens with zero attached hydrogens (tertiary/aromatic N) is 1. The molecule has 0 radical (unpaired) electrons. The molecule has 1 aromatic carbocycles. The number of amides is 2. The van der Waals surface area contributed by atoms with Gasteiger partial charge in [-0.05, 0) is 29.1 Å². The van der Waals surface area contributed by atoms with Gasteiger partial charge in [0.15, 0.2) is 0 Å². The van der Waals surface area contributed by atoms with Crippen molar-refractivity contribution < 1.29 is 14.7 Å². The van der Waals surface area contributed by atoms with E-state index in [9.17, 15) is 9.59 Å². The predicted molar refractivity (Wildman–Crippen MR) is 78.3 cm³/mol. The molecule has 0 bridgehead atoms. The number of hydrogen-bond acceptors (Lipinski definition) is 4. The van der Waals surface area contributed by atoms with E-state index in [0.29, 0.717) is 10.6 Å². The number of carboxylic acid groups (broad SMARTS) is 1. The fourth-order valence-corrected chi connectivity index (χ4v) is 2.38. The van der Waals surface area contributed by atoms with Crippen LogP contribution in [0.15, 0.2) is 35.7 Å². The van der Waals surface area contributed by atoms with Crippen LogP contribution in [0.4, 0.5) is 9.80 Å². The molecule has 6 nitrogen and oxygen atoms in total. The molecule has 1 aromatic heterocycles. The molecular weight excluding hydrogens is 290 g/mol. The zero-order chi connectivity index (χ0) is 15.2. The lowest BCUT2D eigenvalue weighted by Gasteiger charge is -2.07. The molecule has 2 amide bonds. The first kappa shape index (κ1) is 14.6. The van der Waals surface area contributed by atoms with E-state index >= 15 is 0 Å². The van der Waals surface area contributed by atoms with Crippen LogP contribution in [0.5, 0.6) is 0 Å². The van der Waals surface area contributed by atoms with Crippen molar-refractivity contribution in [2.75, 3.05) is 5.32 Å². The Morgan fingerprint density at radius 1 is 1.24 bits per heavy atom. The van der Waals surface area contributed by atoms with Crippen molar-refractivity contribution in [1.29, 1.82) is 5.26 Å². The number of nitrogens with one attached hydrogen (secondary N) is 2. The molecule has 0 saturated heterocycles. The van der Waals surface area contributed by atoms with E-state index in [1.165, 1.54) is 6.07 Å². The van der Waals surface area contributed by atoms with Gasteiger partial charge < -0.3 is 10.4 Å². The maximum Gasteiger partial charge on any atom is 0.338 e. The van der Waals surface area contributed by atoms with Crippen molar-refractivity contribution in [3.63, 3.8) is 0 Å². The third-order valence-corrected chi connectivity index (χ3v) is 3.49. The van der Waals surface area contributed by atoms with Gasteiger partial charge in [0.1, 0.15) is 5.00 Å². The molecule has 106 valence electrons. The van der Waals surface area contributed by atoms with Crippen molar-refractivity contribution >= 4 is 28.3 Å². The summed E-state index contributed by atoms with van der Waals surface area (Å²) < 4.78 is 0. The van der Waals surface area contributed by atoms with Gasteiger partial charge in [0.25, 0.3) is 0 Å². The van der Waals surface area contributed by atoms with E-state index < -0.39 is 12.0 Å². The first-order valence-electron chi connectivity index (χ1n) is 5.95. The summed E-state index contributed by atoms with van der Waals surface area (Å²) in [5.41, 5.74) is 1.45. The molecule has 0 unspecified atom stereocenters. The third kappa shape index (κ3) is 3.81. The zero-order valence-electron chi connectivity index (χ0n) is 10.8. The lowest BCUT2D eigenvalue weighted by molar-refractivity contribution is 0.0698. The highest BCUT2D eigenvalue weighted by atomic mass is 32.1. The number of anilines is 1. The molecule has 2 rings (SSSR count). The Bertz CT molecular complexity index is 701. The zero-order valence-corrected chi connectivity index (χ0v) is 11.6. The normalized spacial score (nSPS) is 9.67. The quantitative estimate of drug-likeness (QED) is 0.807. The minimum Gasteiger partial charge on any atom is -0.478 e. The third-order valence-electron chi connectivity index (χ3n) is 2.66. The molecule has 7 heteroatoms. The number of thiophene rings is 1. The van der Waals surface area contributed by atoms with Crippen LogP contribution in [0.2, 0.25) is 0 Å². The molecule has 0 fully saturated rings. The van der Waals surface area contributed by atoms with Crippen LogP contribution >= 0.6 is 11.3 Å². The predicted octanol–water partition coefficient (Wildman–Crippen LogP) is 2.64. The highest BCUT2D eigenvalue weighted by molar-refractivity contribution is 7.14. The second kappa shape index (κ2) is 6.54. The highest BCUT2D eigenvalue weighted by Crippen LogP contribution is 2.22. The van der Waals surface area contributed by atoms with Crippen molar-refractivity contribution in [1.82, 2.24) is 5.32 Å². The largest absolute Gasteiger partial charge is 0.478 e. The van der Waals surface area contributed by atoms with Crippen molar-refractivity contribution in [3.05, 3.63) is 52.4 Å². The molecule has 3 N–H and O–H groups in total. The molecule has 2 aromatic rings. The smallest absolute Gasteiger partial charge is 0.338 e. The fourth-order valence-electron chi connectivity index (χ4n) is 1.60. The molecule has 1 heterocycles. The van der Waals surface area contributed by atoms with E-state index in [1.54, 1.807) is 29.6 Å². The van der Waals surface area contributed by atoms with Gasteiger partial charge in [-0.25, -0.2) is 9.59 Å². The Kier molecular flexibility index (Phi) is 4.53. The summed E-state index contributed by atoms with van der Waals surface area (Å²) in [5.74, 6) is -1.08. The van der Waals surface area contributed by atoms with E-state index in [4.69, 9.17) is 10.4 Å². The lowest BCUT2D eigenvalue weighted by Crippen LogP contribution is -2.28. The summed E-state index contributed by atoms with van der Waals surface area (Å²) in [5, 5.41) is 24.6. The molecule has 0 spiro atoms. The summed E-state index contributed by atoms with van der Waals surface area (Å²) >= 11 is 1.14. The van der Waals surface area contributed by atoms with Crippen molar-refractivity contribution in [3.8, 4) is 6.07 Å². The van der Waals surface area contributed by atoms with Gasteiger partial charge >= 0.3 is 12.0 Å². The maximum absolute atomic E-state index is 11.7. The molecule has 0 atom stereocenters. The molecule has 0 aliphatic carbocycles. The van der Waals surface area contributed by atoms with Gasteiger partial charge in [0.2, 0.25) is 0 Å². The van der Waals surface area contributed by atoms with Crippen LogP contribution in [0.3, 0.4) is 0 Å². The second-order valence-corrected chi connectivity index (χ2v) is 5.00. The number of urea groups is 1. The van der Waals surface area contributed by atoms with Crippen LogP contribution in [-0.4, -0.2) is 17.1 Å². The molecule has 0 aliphatic rings. The van der Waals surface area contributed by atoms with E-state index in [0.717, 1.165) is 16.9 Å². The summed E-state index contributed by atoms with van der Waals surface area (Å²) in [7, 11) is 0. The van der Waals surface area contributed by atoms with Gasteiger partial charge in [0.05, 0.1) is 17.2 Å². The molecule has 0 aliphatic heterocycles. The highest BCUT2D eigenvalue weighted by Gasteiger charge is 2.13. The van der Waals surface area contributed by atoms with Crippen LogP contribution in [0.25, 0.3) is 0 Å². The first-order valence-corrected chi connectivity index (χ1v) is 6.83. The molecular formula is C14H11N3O3S. The standard InChI is InChI=1S/C14H11N3O3S/c15-7-9-1-3-10(4-2-9)8-16-14(20)17-12-11(13(18)19)5-6-21-12/h1-6H,8H2,(H,18,19)(H2,16,17,20). The molecule has 21 heavy (non-hydrogen) atoms. The van der Waals surface area contributed by atoms with Crippen LogP contribution < -0.4 is 10.6 Å². The van der Waals surface area contributed by atoms with E-state index in [2.05, 4.69) is 10.6 Å². The summed E-state index contributed by atoms with van der Waals surface area (Å²) in [6.45, 7) is 0.283.